The minimum Gasteiger partial charge on any atom is -0.309 e. The minimum absolute atomic E-state index is 0.407. The molecule has 0 unspecified atom stereocenters. The number of nitrogens with one attached hydrogen (secondary N) is 1. The fourth-order valence-corrected chi connectivity index (χ4v) is 2.67. The zero-order valence-electron chi connectivity index (χ0n) is 12.8. The first-order chi connectivity index (χ1) is 10.9. The van der Waals surface area contributed by atoms with E-state index in [1.54, 1.807) is 10.7 Å². The van der Waals surface area contributed by atoms with Crippen LogP contribution in [-0.4, -0.2) is 24.7 Å². The number of nitrogens with zero attached hydrogens (tertiary/aromatic N) is 5. The summed E-state index contributed by atoms with van der Waals surface area (Å²) in [6, 6.07) is 5.40. The summed E-state index contributed by atoms with van der Waals surface area (Å²) in [5, 5.41) is 8.46. The molecule has 0 radical (unpaired) electrons. The molecule has 8 heteroatoms. The molecule has 3 aromatic rings. The van der Waals surface area contributed by atoms with Crippen molar-refractivity contribution in [1.82, 2.24) is 24.7 Å². The molecular weight excluding hydrogens is 335 g/mol. The average molecular weight is 349 g/mol. The van der Waals surface area contributed by atoms with Crippen molar-refractivity contribution < 1.29 is 0 Å². The molecule has 0 aliphatic rings. The van der Waals surface area contributed by atoms with Crippen molar-refractivity contribution in [2.75, 3.05) is 5.32 Å². The van der Waals surface area contributed by atoms with Crippen LogP contribution in [0.1, 0.15) is 17.1 Å². The van der Waals surface area contributed by atoms with Gasteiger partial charge in [0.15, 0.2) is 5.82 Å². The third-order valence-electron chi connectivity index (χ3n) is 3.04. The van der Waals surface area contributed by atoms with E-state index in [0.717, 1.165) is 17.1 Å². The predicted octanol–water partition coefficient (Wildman–Crippen LogP) is 4.03. The van der Waals surface area contributed by atoms with Crippen molar-refractivity contribution in [3.8, 4) is 5.82 Å². The van der Waals surface area contributed by atoms with Gasteiger partial charge in [-0.2, -0.15) is 9.78 Å². The molecule has 1 N–H and O–H groups in total. The highest BCUT2D eigenvalue weighted by Crippen LogP contribution is 2.26. The number of aryl methyl sites for hydroxylation is 3. The van der Waals surface area contributed by atoms with Gasteiger partial charge in [-0.3, -0.25) is 0 Å². The van der Waals surface area contributed by atoms with E-state index in [9.17, 15) is 0 Å². The van der Waals surface area contributed by atoms with E-state index in [4.69, 9.17) is 23.2 Å². The fraction of sp³-hybridized carbons (Fsp3) is 0.200. The molecule has 0 fully saturated rings. The van der Waals surface area contributed by atoms with E-state index in [1.807, 2.05) is 32.9 Å². The number of pyridine rings is 1. The maximum Gasteiger partial charge on any atom is 0.228 e. The number of hydrogen-bond acceptors (Lipinski definition) is 5. The Morgan fingerprint density at radius 2 is 1.65 bits per heavy atom. The first-order valence-corrected chi connectivity index (χ1v) is 7.65. The Labute approximate surface area is 143 Å². The van der Waals surface area contributed by atoms with Crippen LogP contribution in [0.15, 0.2) is 24.4 Å². The SMILES string of the molecule is Cc1cc(C)nc(Nc2cc(C)nn2-c2ncc(Cl)cc2Cl)n1. The van der Waals surface area contributed by atoms with Crippen molar-refractivity contribution in [2.45, 2.75) is 20.8 Å². The number of anilines is 2. The third-order valence-corrected chi connectivity index (χ3v) is 3.53. The molecule has 0 saturated heterocycles. The van der Waals surface area contributed by atoms with Gasteiger partial charge in [0.05, 0.1) is 15.7 Å². The van der Waals surface area contributed by atoms with Crippen LogP contribution < -0.4 is 5.32 Å². The quantitative estimate of drug-likeness (QED) is 0.773. The first-order valence-electron chi connectivity index (χ1n) is 6.90. The molecule has 0 atom stereocenters. The molecule has 3 aromatic heterocycles. The van der Waals surface area contributed by atoms with Gasteiger partial charge in [0.25, 0.3) is 0 Å². The average Bonchev–Trinajstić information content (AvgIpc) is 2.78. The van der Waals surface area contributed by atoms with E-state index in [2.05, 4.69) is 25.4 Å². The fourth-order valence-electron chi connectivity index (χ4n) is 2.21. The first kappa shape index (κ1) is 15.7. The molecule has 0 bridgehead atoms. The summed E-state index contributed by atoms with van der Waals surface area (Å²) in [5.74, 6) is 1.65. The molecule has 0 aromatic carbocycles. The zero-order valence-corrected chi connectivity index (χ0v) is 14.3. The van der Waals surface area contributed by atoms with E-state index in [1.165, 1.54) is 6.20 Å². The smallest absolute Gasteiger partial charge is 0.228 e. The summed E-state index contributed by atoms with van der Waals surface area (Å²) in [6.45, 7) is 5.72. The number of aromatic nitrogens is 5. The molecule has 0 spiro atoms. The summed E-state index contributed by atoms with van der Waals surface area (Å²) in [4.78, 5) is 13.0. The highest BCUT2D eigenvalue weighted by molar-refractivity contribution is 6.35. The third kappa shape index (κ3) is 3.43. The second-order valence-corrected chi connectivity index (χ2v) is 5.98. The normalized spacial score (nSPS) is 10.8. The van der Waals surface area contributed by atoms with Gasteiger partial charge in [-0.15, -0.1) is 0 Å². The van der Waals surface area contributed by atoms with Gasteiger partial charge in [-0.25, -0.2) is 15.0 Å². The van der Waals surface area contributed by atoms with E-state index >= 15 is 0 Å². The van der Waals surface area contributed by atoms with Crippen LogP contribution in [0.3, 0.4) is 0 Å². The van der Waals surface area contributed by atoms with Crippen LogP contribution in [0, 0.1) is 20.8 Å². The molecule has 6 nitrogen and oxygen atoms in total. The van der Waals surface area contributed by atoms with Crippen molar-refractivity contribution in [2.24, 2.45) is 0 Å². The molecule has 3 heterocycles. The van der Waals surface area contributed by atoms with Crippen LogP contribution >= 0.6 is 23.2 Å². The van der Waals surface area contributed by atoms with Gasteiger partial charge in [-0.05, 0) is 32.9 Å². The lowest BCUT2D eigenvalue weighted by atomic mass is 10.3. The molecule has 0 saturated carbocycles. The van der Waals surface area contributed by atoms with Crippen LogP contribution in [0.5, 0.6) is 0 Å². The molecule has 0 amide bonds. The lowest BCUT2D eigenvalue weighted by Crippen LogP contribution is -2.07. The maximum atomic E-state index is 6.23. The lowest BCUT2D eigenvalue weighted by Gasteiger charge is -2.10. The Bertz CT molecular complexity index is 854. The molecule has 3 rings (SSSR count). The summed E-state index contributed by atoms with van der Waals surface area (Å²) < 4.78 is 1.61. The number of halogens is 2. The zero-order chi connectivity index (χ0) is 16.6. The van der Waals surface area contributed by atoms with Gasteiger partial charge in [0, 0.05) is 23.7 Å². The summed E-state index contributed by atoms with van der Waals surface area (Å²) in [5.41, 5.74) is 2.57. The highest BCUT2D eigenvalue weighted by atomic mass is 35.5. The Morgan fingerprint density at radius 1 is 0.957 bits per heavy atom. The summed E-state index contributed by atoms with van der Waals surface area (Å²) in [6.07, 6.45) is 1.52. The van der Waals surface area contributed by atoms with Crippen molar-refractivity contribution in [3.63, 3.8) is 0 Å². The Kier molecular flexibility index (Phi) is 4.19. The van der Waals surface area contributed by atoms with Crippen molar-refractivity contribution in [3.05, 3.63) is 51.5 Å². The van der Waals surface area contributed by atoms with Crippen molar-refractivity contribution >= 4 is 35.0 Å². The van der Waals surface area contributed by atoms with Gasteiger partial charge in [0.2, 0.25) is 5.95 Å². The van der Waals surface area contributed by atoms with Crippen LogP contribution in [0.4, 0.5) is 11.8 Å². The minimum atomic E-state index is 0.407. The van der Waals surface area contributed by atoms with Crippen LogP contribution in [0.25, 0.3) is 5.82 Å². The largest absolute Gasteiger partial charge is 0.309 e. The molecule has 0 aliphatic heterocycles. The number of hydrogen-bond donors (Lipinski definition) is 1. The van der Waals surface area contributed by atoms with Gasteiger partial charge in [0.1, 0.15) is 5.82 Å². The van der Waals surface area contributed by atoms with Crippen LogP contribution in [-0.2, 0) is 0 Å². The topological polar surface area (TPSA) is 68.5 Å². The molecule has 23 heavy (non-hydrogen) atoms. The van der Waals surface area contributed by atoms with Gasteiger partial charge in [-0.1, -0.05) is 23.2 Å². The Balaban J connectivity index is 2.04. The Hall–Kier alpha value is -2.18. The predicted molar refractivity (Wildman–Crippen MR) is 90.9 cm³/mol. The van der Waals surface area contributed by atoms with Gasteiger partial charge >= 0.3 is 0 Å². The van der Waals surface area contributed by atoms with Crippen molar-refractivity contribution in [1.29, 1.82) is 0 Å². The summed E-state index contributed by atoms with van der Waals surface area (Å²) in [7, 11) is 0. The van der Waals surface area contributed by atoms with E-state index in [0.29, 0.717) is 27.6 Å². The number of rotatable bonds is 3. The Morgan fingerprint density at radius 3 is 2.30 bits per heavy atom. The van der Waals surface area contributed by atoms with Crippen LogP contribution in [0.2, 0.25) is 10.0 Å². The molecule has 118 valence electrons. The maximum absolute atomic E-state index is 6.23. The van der Waals surface area contributed by atoms with Gasteiger partial charge < -0.3 is 5.32 Å². The monoisotopic (exact) mass is 348 g/mol. The van der Waals surface area contributed by atoms with E-state index in [-0.39, 0.29) is 0 Å². The van der Waals surface area contributed by atoms with E-state index < -0.39 is 0 Å². The standard InChI is InChI=1S/C15H14Cl2N6/c1-8-4-9(2)20-15(19-8)21-13-5-10(3)22-23(13)14-12(17)6-11(16)7-18-14/h4-7H,1-3H3,(H,19,20,21). The second kappa shape index (κ2) is 6.14. The lowest BCUT2D eigenvalue weighted by molar-refractivity contribution is 0.837. The second-order valence-electron chi connectivity index (χ2n) is 5.14. The molecular formula is C15H14Cl2N6. The summed E-state index contributed by atoms with van der Waals surface area (Å²) >= 11 is 12.1. The molecule has 0 aliphatic carbocycles. The highest BCUT2D eigenvalue weighted by Gasteiger charge is 2.14.